The molecule has 0 aliphatic rings. The molecule has 0 saturated heterocycles. The third-order valence-corrected chi connectivity index (χ3v) is 1.98. The maximum absolute atomic E-state index is 10.6. The number of amides is 1. The highest BCUT2D eigenvalue weighted by atomic mass is 35.5. The molecule has 1 aromatic carbocycles. The van der Waals surface area contributed by atoms with Gasteiger partial charge in [0.05, 0.1) is 12.5 Å². The van der Waals surface area contributed by atoms with Gasteiger partial charge in [-0.1, -0.05) is 23.7 Å². The molecule has 0 heterocycles. The number of rotatable bonds is 3. The van der Waals surface area contributed by atoms with Crippen molar-refractivity contribution < 1.29 is 9.90 Å². The quantitative estimate of drug-likeness (QED) is 0.782. The molecular weight excluding hydrogens is 206 g/mol. The Kier molecular flexibility index (Phi) is 3.73. The molecule has 0 aromatic heterocycles. The Morgan fingerprint density at radius 1 is 1.43 bits per heavy atom. The van der Waals surface area contributed by atoms with Crippen LogP contribution < -0.4 is 0 Å². The molecule has 0 aliphatic heterocycles. The number of hydrogen-bond acceptors (Lipinski definition) is 3. The summed E-state index contributed by atoms with van der Waals surface area (Å²) < 4.78 is 0. The molecule has 14 heavy (non-hydrogen) atoms. The lowest BCUT2D eigenvalue weighted by atomic mass is 10.1. The van der Waals surface area contributed by atoms with E-state index in [-0.39, 0.29) is 6.42 Å². The lowest BCUT2D eigenvalue weighted by molar-refractivity contribution is -0.119. The van der Waals surface area contributed by atoms with Crippen molar-refractivity contribution in [3.8, 4) is 0 Å². The van der Waals surface area contributed by atoms with Crippen molar-refractivity contribution >= 4 is 17.5 Å². The average molecular weight is 214 g/mol. The largest absolute Gasteiger partial charge is 0.388 e. The molecule has 1 atom stereocenters. The zero-order chi connectivity index (χ0) is 10.6. The van der Waals surface area contributed by atoms with E-state index in [4.69, 9.17) is 11.6 Å². The summed E-state index contributed by atoms with van der Waals surface area (Å²) in [4.78, 5) is 20.4. The summed E-state index contributed by atoms with van der Waals surface area (Å²) in [6, 6.07) is 6.37. The van der Waals surface area contributed by atoms with E-state index in [1.165, 1.54) is 0 Å². The third kappa shape index (κ3) is 2.90. The van der Waals surface area contributed by atoms with E-state index < -0.39 is 12.0 Å². The van der Waals surface area contributed by atoms with E-state index in [2.05, 4.69) is 5.18 Å². The Hall–Kier alpha value is -1.26. The lowest BCUT2D eigenvalue weighted by Gasteiger charge is -2.07. The van der Waals surface area contributed by atoms with Crippen molar-refractivity contribution in [1.82, 2.24) is 0 Å². The summed E-state index contributed by atoms with van der Waals surface area (Å²) >= 11 is 5.63. The Morgan fingerprint density at radius 2 is 2.00 bits per heavy atom. The molecule has 5 heteroatoms. The summed E-state index contributed by atoms with van der Waals surface area (Å²) in [7, 11) is 0. The summed E-state index contributed by atoms with van der Waals surface area (Å²) in [5.74, 6) is -0.868. The molecule has 0 unspecified atom stereocenters. The number of carbonyl (C=O) groups excluding carboxylic acids is 1. The molecule has 0 aliphatic carbocycles. The first-order valence-electron chi connectivity index (χ1n) is 3.93. The number of aliphatic hydroxyl groups excluding tert-OH is 1. The highest BCUT2D eigenvalue weighted by molar-refractivity contribution is 6.30. The molecular formula is C9H8ClNO3. The molecule has 4 nitrogen and oxygen atoms in total. The van der Waals surface area contributed by atoms with Crippen molar-refractivity contribution in [3.63, 3.8) is 0 Å². The number of halogens is 1. The van der Waals surface area contributed by atoms with E-state index >= 15 is 0 Å². The van der Waals surface area contributed by atoms with E-state index in [0.717, 1.165) is 0 Å². The Labute approximate surface area is 85.5 Å². The van der Waals surface area contributed by atoms with Crippen LogP contribution in [0.1, 0.15) is 18.1 Å². The van der Waals surface area contributed by atoms with Crippen LogP contribution in [-0.4, -0.2) is 11.0 Å². The second kappa shape index (κ2) is 4.83. The van der Waals surface area contributed by atoms with Gasteiger partial charge < -0.3 is 5.11 Å². The highest BCUT2D eigenvalue weighted by Gasteiger charge is 2.12. The molecule has 1 amide bonds. The van der Waals surface area contributed by atoms with E-state index in [1.54, 1.807) is 24.3 Å². The Bertz CT molecular complexity index is 336. The summed E-state index contributed by atoms with van der Waals surface area (Å²) in [6.07, 6.45) is -1.30. The van der Waals surface area contributed by atoms with Crippen molar-refractivity contribution in [2.45, 2.75) is 12.5 Å². The smallest absolute Gasteiger partial charge is 0.289 e. The fourth-order valence-electron chi connectivity index (χ4n) is 1.01. The molecule has 0 radical (unpaired) electrons. The van der Waals surface area contributed by atoms with Gasteiger partial charge >= 0.3 is 0 Å². The van der Waals surface area contributed by atoms with Crippen LogP contribution >= 0.6 is 11.6 Å². The van der Waals surface area contributed by atoms with E-state index in [1.807, 2.05) is 0 Å². The van der Waals surface area contributed by atoms with Crippen LogP contribution in [-0.2, 0) is 4.79 Å². The van der Waals surface area contributed by atoms with Crippen LogP contribution in [0.4, 0.5) is 0 Å². The minimum absolute atomic E-state index is 0.300. The molecule has 0 spiro atoms. The van der Waals surface area contributed by atoms with Crippen LogP contribution in [0.5, 0.6) is 0 Å². The Balaban J connectivity index is 2.69. The van der Waals surface area contributed by atoms with Gasteiger partial charge in [0.1, 0.15) is 0 Å². The fraction of sp³-hybridized carbons (Fsp3) is 0.222. The second-order valence-corrected chi connectivity index (χ2v) is 3.19. The minimum atomic E-state index is -1.00. The van der Waals surface area contributed by atoms with Gasteiger partial charge in [0, 0.05) is 10.2 Å². The minimum Gasteiger partial charge on any atom is -0.388 e. The van der Waals surface area contributed by atoms with Crippen LogP contribution in [0.25, 0.3) is 0 Å². The normalized spacial score (nSPS) is 12.1. The predicted molar refractivity (Wildman–Crippen MR) is 51.8 cm³/mol. The van der Waals surface area contributed by atoms with Crippen LogP contribution in [0.15, 0.2) is 29.4 Å². The van der Waals surface area contributed by atoms with E-state index in [9.17, 15) is 14.8 Å². The average Bonchev–Trinajstić information content (AvgIpc) is 2.18. The summed E-state index contributed by atoms with van der Waals surface area (Å²) in [5.41, 5.74) is 0.534. The van der Waals surface area contributed by atoms with Gasteiger partial charge in [-0.2, -0.15) is 0 Å². The molecule has 1 rings (SSSR count). The van der Waals surface area contributed by atoms with Crippen molar-refractivity contribution in [1.29, 1.82) is 0 Å². The van der Waals surface area contributed by atoms with Crippen LogP contribution in [0, 0.1) is 4.91 Å². The number of hydrogen-bond donors (Lipinski definition) is 1. The zero-order valence-electron chi connectivity index (χ0n) is 7.18. The van der Waals surface area contributed by atoms with Gasteiger partial charge in [0.2, 0.25) is 0 Å². The highest BCUT2D eigenvalue weighted by Crippen LogP contribution is 2.19. The van der Waals surface area contributed by atoms with Gasteiger partial charge in [-0.25, -0.2) is 0 Å². The zero-order valence-corrected chi connectivity index (χ0v) is 7.94. The number of aliphatic hydroxyl groups is 1. The Morgan fingerprint density at radius 3 is 2.50 bits per heavy atom. The van der Waals surface area contributed by atoms with Gasteiger partial charge in [-0.15, -0.1) is 4.91 Å². The first kappa shape index (κ1) is 10.8. The maximum Gasteiger partial charge on any atom is 0.289 e. The second-order valence-electron chi connectivity index (χ2n) is 2.76. The van der Waals surface area contributed by atoms with Gasteiger partial charge in [-0.05, 0) is 17.7 Å². The van der Waals surface area contributed by atoms with Gasteiger partial charge in [0.25, 0.3) is 5.91 Å². The van der Waals surface area contributed by atoms with Gasteiger partial charge in [-0.3, -0.25) is 4.79 Å². The molecule has 1 N–H and O–H groups in total. The molecule has 0 bridgehead atoms. The van der Waals surface area contributed by atoms with Crippen molar-refractivity contribution in [3.05, 3.63) is 39.8 Å². The monoisotopic (exact) mass is 213 g/mol. The van der Waals surface area contributed by atoms with E-state index in [0.29, 0.717) is 10.6 Å². The number of benzene rings is 1. The molecule has 0 saturated carbocycles. The third-order valence-electron chi connectivity index (χ3n) is 1.72. The van der Waals surface area contributed by atoms with Crippen molar-refractivity contribution in [2.75, 3.05) is 0 Å². The molecule has 1 aromatic rings. The van der Waals surface area contributed by atoms with Gasteiger partial charge in [0.15, 0.2) is 0 Å². The summed E-state index contributed by atoms with van der Waals surface area (Å²) in [6.45, 7) is 0. The topological polar surface area (TPSA) is 66.7 Å². The van der Waals surface area contributed by atoms with Crippen LogP contribution in [0.2, 0.25) is 5.02 Å². The first-order valence-corrected chi connectivity index (χ1v) is 4.31. The molecule has 74 valence electrons. The summed E-state index contributed by atoms with van der Waals surface area (Å²) in [5, 5.41) is 12.2. The maximum atomic E-state index is 10.6. The predicted octanol–water partition coefficient (Wildman–Crippen LogP) is 2.06. The SMILES string of the molecule is O=NC(=O)C[C@H](O)c1ccc(Cl)cc1. The number of carbonyl (C=O) groups is 1. The first-order chi connectivity index (χ1) is 6.63. The molecule has 0 fully saturated rings. The lowest BCUT2D eigenvalue weighted by Crippen LogP contribution is -2.03. The standard InChI is InChI=1S/C9H8ClNO3/c10-7-3-1-6(2-4-7)8(12)5-9(13)11-14/h1-4,8,12H,5H2/t8-/m0/s1. The fourth-order valence-corrected chi connectivity index (χ4v) is 1.13. The van der Waals surface area contributed by atoms with Crippen LogP contribution in [0.3, 0.4) is 0 Å². The van der Waals surface area contributed by atoms with Crippen molar-refractivity contribution in [2.24, 2.45) is 5.18 Å². The number of nitrogens with zero attached hydrogens (tertiary/aromatic N) is 1. The number of nitroso groups, excluding NO2 is 1.